The quantitative estimate of drug-likeness (QED) is 0.373. The van der Waals surface area contributed by atoms with Crippen LogP contribution in [0.5, 0.6) is 5.75 Å². The van der Waals surface area contributed by atoms with Crippen molar-refractivity contribution >= 4 is 40.2 Å². The SMILES string of the molecule is COc1cccc(NC(=O)Nc2ccc(SCc3nc4ccccc4nc3C)cc2)c1. The summed E-state index contributed by atoms with van der Waals surface area (Å²) in [6, 6.07) is 22.5. The van der Waals surface area contributed by atoms with Gasteiger partial charge in [0.15, 0.2) is 0 Å². The Balaban J connectivity index is 1.35. The van der Waals surface area contributed by atoms with E-state index in [0.717, 1.165) is 33.1 Å². The van der Waals surface area contributed by atoms with Crippen molar-refractivity contribution in [1.29, 1.82) is 0 Å². The maximum Gasteiger partial charge on any atom is 0.323 e. The largest absolute Gasteiger partial charge is 0.497 e. The predicted molar refractivity (Wildman–Crippen MR) is 126 cm³/mol. The van der Waals surface area contributed by atoms with E-state index < -0.39 is 0 Å². The molecule has 0 aliphatic rings. The lowest BCUT2D eigenvalue weighted by atomic mass is 10.2. The van der Waals surface area contributed by atoms with Gasteiger partial charge in [0, 0.05) is 28.1 Å². The number of hydrogen-bond acceptors (Lipinski definition) is 5. The summed E-state index contributed by atoms with van der Waals surface area (Å²) in [5, 5.41) is 5.63. The fraction of sp³-hybridized carbons (Fsp3) is 0.125. The molecular formula is C24H22N4O2S. The number of nitrogens with zero attached hydrogens (tertiary/aromatic N) is 2. The highest BCUT2D eigenvalue weighted by Crippen LogP contribution is 2.25. The van der Waals surface area contributed by atoms with Crippen LogP contribution in [0.2, 0.25) is 0 Å². The van der Waals surface area contributed by atoms with Crippen LogP contribution >= 0.6 is 11.8 Å². The minimum Gasteiger partial charge on any atom is -0.497 e. The third-order valence-electron chi connectivity index (χ3n) is 4.66. The molecule has 0 saturated heterocycles. The highest BCUT2D eigenvalue weighted by Gasteiger charge is 2.07. The van der Waals surface area contributed by atoms with E-state index in [9.17, 15) is 4.79 Å². The number of fused-ring (bicyclic) bond motifs is 1. The molecule has 6 nitrogen and oxygen atoms in total. The molecule has 0 unspecified atom stereocenters. The van der Waals surface area contributed by atoms with Crippen molar-refractivity contribution in [2.75, 3.05) is 17.7 Å². The Hall–Kier alpha value is -3.58. The van der Waals surface area contributed by atoms with Crippen molar-refractivity contribution in [2.45, 2.75) is 17.6 Å². The second-order valence-electron chi connectivity index (χ2n) is 6.87. The molecule has 1 heterocycles. The average Bonchev–Trinajstić information content (AvgIpc) is 2.78. The molecule has 156 valence electrons. The minimum absolute atomic E-state index is 0.310. The van der Waals surface area contributed by atoms with Gasteiger partial charge in [0.2, 0.25) is 0 Å². The first-order chi connectivity index (χ1) is 15.1. The Morgan fingerprint density at radius 3 is 2.35 bits per heavy atom. The molecule has 4 rings (SSSR count). The van der Waals surface area contributed by atoms with Gasteiger partial charge < -0.3 is 15.4 Å². The van der Waals surface area contributed by atoms with Gasteiger partial charge in [0.1, 0.15) is 5.75 Å². The molecule has 4 aromatic rings. The van der Waals surface area contributed by atoms with E-state index in [-0.39, 0.29) is 6.03 Å². The van der Waals surface area contributed by atoms with Gasteiger partial charge >= 0.3 is 6.03 Å². The lowest BCUT2D eigenvalue weighted by molar-refractivity contribution is 0.262. The van der Waals surface area contributed by atoms with Crippen LogP contribution < -0.4 is 15.4 Å². The van der Waals surface area contributed by atoms with Crippen molar-refractivity contribution in [3.05, 3.63) is 84.2 Å². The van der Waals surface area contributed by atoms with Crippen molar-refractivity contribution in [3.63, 3.8) is 0 Å². The number of aryl methyl sites for hydroxylation is 1. The third-order valence-corrected chi connectivity index (χ3v) is 5.68. The number of thioether (sulfide) groups is 1. The lowest BCUT2D eigenvalue weighted by Crippen LogP contribution is -2.19. The number of rotatable bonds is 6. The molecule has 31 heavy (non-hydrogen) atoms. The van der Waals surface area contributed by atoms with E-state index in [0.29, 0.717) is 17.1 Å². The summed E-state index contributed by atoms with van der Waals surface area (Å²) in [4.78, 5) is 22.7. The van der Waals surface area contributed by atoms with Gasteiger partial charge in [-0.05, 0) is 55.5 Å². The molecule has 0 atom stereocenters. The zero-order valence-corrected chi connectivity index (χ0v) is 18.1. The number of hydrogen-bond donors (Lipinski definition) is 2. The fourth-order valence-corrected chi connectivity index (χ4v) is 3.95. The number of amides is 2. The molecule has 2 N–H and O–H groups in total. The van der Waals surface area contributed by atoms with E-state index in [1.807, 2.05) is 67.6 Å². The highest BCUT2D eigenvalue weighted by molar-refractivity contribution is 7.98. The normalized spacial score (nSPS) is 10.6. The number of nitrogens with one attached hydrogen (secondary N) is 2. The number of aromatic nitrogens is 2. The molecule has 0 radical (unpaired) electrons. The smallest absolute Gasteiger partial charge is 0.323 e. The minimum atomic E-state index is -0.310. The van der Waals surface area contributed by atoms with E-state index >= 15 is 0 Å². The number of benzene rings is 3. The maximum atomic E-state index is 12.2. The van der Waals surface area contributed by atoms with Crippen LogP contribution in [0.25, 0.3) is 11.0 Å². The van der Waals surface area contributed by atoms with Gasteiger partial charge in [-0.1, -0.05) is 18.2 Å². The Labute approximate surface area is 185 Å². The molecule has 0 saturated carbocycles. The molecule has 1 aromatic heterocycles. The summed E-state index contributed by atoms with van der Waals surface area (Å²) in [6.07, 6.45) is 0. The fourth-order valence-electron chi connectivity index (χ4n) is 3.04. The van der Waals surface area contributed by atoms with Gasteiger partial charge in [0.05, 0.1) is 29.5 Å². The molecule has 7 heteroatoms. The van der Waals surface area contributed by atoms with Gasteiger partial charge in [-0.2, -0.15) is 0 Å². The summed E-state index contributed by atoms with van der Waals surface area (Å²) < 4.78 is 5.17. The van der Waals surface area contributed by atoms with E-state index in [1.165, 1.54) is 0 Å². The van der Waals surface area contributed by atoms with Gasteiger partial charge in [0.25, 0.3) is 0 Å². The molecule has 3 aromatic carbocycles. The molecule has 2 amide bonds. The number of methoxy groups -OCH3 is 1. The number of anilines is 2. The van der Waals surface area contributed by atoms with Crippen LogP contribution in [0.15, 0.2) is 77.7 Å². The van der Waals surface area contributed by atoms with E-state index in [4.69, 9.17) is 9.72 Å². The Kier molecular flexibility index (Phi) is 6.33. The lowest BCUT2D eigenvalue weighted by Gasteiger charge is -2.10. The molecule has 0 bridgehead atoms. The van der Waals surface area contributed by atoms with Crippen molar-refractivity contribution in [1.82, 2.24) is 9.97 Å². The first kappa shape index (κ1) is 20.7. The van der Waals surface area contributed by atoms with Crippen LogP contribution in [0.3, 0.4) is 0 Å². The molecule has 0 aliphatic heterocycles. The van der Waals surface area contributed by atoms with Crippen molar-refractivity contribution in [3.8, 4) is 5.75 Å². The monoisotopic (exact) mass is 430 g/mol. The zero-order valence-electron chi connectivity index (χ0n) is 17.3. The Morgan fingerprint density at radius 2 is 1.61 bits per heavy atom. The first-order valence-corrected chi connectivity index (χ1v) is 10.8. The highest BCUT2D eigenvalue weighted by atomic mass is 32.2. The number of ether oxygens (including phenoxy) is 1. The number of carbonyl (C=O) groups excluding carboxylic acids is 1. The van der Waals surface area contributed by atoms with Crippen LogP contribution in [-0.2, 0) is 5.75 Å². The number of carbonyl (C=O) groups is 1. The Bertz CT molecular complexity index is 1210. The summed E-state index contributed by atoms with van der Waals surface area (Å²) >= 11 is 1.69. The van der Waals surface area contributed by atoms with Crippen LogP contribution in [0.1, 0.15) is 11.4 Å². The third kappa shape index (κ3) is 5.32. The molecule has 0 spiro atoms. The standard InChI is InChI=1S/C24H22N4O2S/c1-16-23(28-22-9-4-3-8-21(22)25-16)15-31-20-12-10-17(11-13-20)26-24(29)27-18-6-5-7-19(14-18)30-2/h3-14H,15H2,1-2H3,(H2,26,27,29). The second-order valence-corrected chi connectivity index (χ2v) is 7.92. The Morgan fingerprint density at radius 1 is 0.903 bits per heavy atom. The van der Waals surface area contributed by atoms with Gasteiger partial charge in [-0.3, -0.25) is 0 Å². The topological polar surface area (TPSA) is 76.1 Å². The van der Waals surface area contributed by atoms with Crippen LogP contribution in [0, 0.1) is 6.92 Å². The van der Waals surface area contributed by atoms with Crippen LogP contribution in [0.4, 0.5) is 16.2 Å². The first-order valence-electron chi connectivity index (χ1n) is 9.78. The summed E-state index contributed by atoms with van der Waals surface area (Å²) in [5.74, 6) is 1.41. The maximum absolute atomic E-state index is 12.2. The molecule has 0 aliphatic carbocycles. The van der Waals surface area contributed by atoms with Crippen molar-refractivity contribution < 1.29 is 9.53 Å². The zero-order chi connectivity index (χ0) is 21.6. The van der Waals surface area contributed by atoms with E-state index in [1.54, 1.807) is 31.0 Å². The predicted octanol–water partition coefficient (Wildman–Crippen LogP) is 5.88. The molecule has 0 fully saturated rings. The van der Waals surface area contributed by atoms with Gasteiger partial charge in [-0.25, -0.2) is 14.8 Å². The number of para-hydroxylation sites is 2. The van der Waals surface area contributed by atoms with E-state index in [2.05, 4.69) is 15.6 Å². The summed E-state index contributed by atoms with van der Waals surface area (Å²) in [6.45, 7) is 1.99. The summed E-state index contributed by atoms with van der Waals surface area (Å²) in [7, 11) is 1.59. The van der Waals surface area contributed by atoms with Gasteiger partial charge in [-0.15, -0.1) is 11.8 Å². The average molecular weight is 431 g/mol. The van der Waals surface area contributed by atoms with Crippen LogP contribution in [-0.4, -0.2) is 23.1 Å². The summed E-state index contributed by atoms with van der Waals surface area (Å²) in [5.41, 5.74) is 5.12. The second kappa shape index (κ2) is 9.49. The van der Waals surface area contributed by atoms with Crippen molar-refractivity contribution in [2.24, 2.45) is 0 Å². The molecular weight excluding hydrogens is 408 g/mol. The number of urea groups is 1.